The summed E-state index contributed by atoms with van der Waals surface area (Å²) in [5.41, 5.74) is 0.754. The van der Waals surface area contributed by atoms with E-state index in [1.807, 2.05) is 0 Å². The van der Waals surface area contributed by atoms with Gasteiger partial charge in [0.2, 0.25) is 0 Å². The summed E-state index contributed by atoms with van der Waals surface area (Å²) in [6.07, 6.45) is 9.32. The van der Waals surface area contributed by atoms with Crippen LogP contribution in [0.1, 0.15) is 51.9 Å². The Labute approximate surface area is 175 Å². The van der Waals surface area contributed by atoms with Crippen LogP contribution < -0.4 is 4.74 Å². The monoisotopic (exact) mass is 464 g/mol. The van der Waals surface area contributed by atoms with Gasteiger partial charge in [0.05, 0.1) is 30.5 Å². The Morgan fingerprint density at radius 2 is 1.60 bits per heavy atom. The van der Waals surface area contributed by atoms with Crippen LogP contribution in [0.5, 0.6) is 5.75 Å². The molecule has 170 valence electrons. The van der Waals surface area contributed by atoms with Crippen molar-refractivity contribution in [3.8, 4) is 5.75 Å². The molecule has 0 aliphatic carbocycles. The third-order valence-corrected chi connectivity index (χ3v) is 8.64. The smallest absolute Gasteiger partial charge is 0.371 e. The lowest BCUT2D eigenvalue weighted by atomic mass is 10.1. The van der Waals surface area contributed by atoms with Crippen molar-refractivity contribution in [2.24, 2.45) is 0 Å². The molecule has 12 heteroatoms. The Hall–Kier alpha value is -1.25. The van der Waals surface area contributed by atoms with Gasteiger partial charge in [-0.2, -0.15) is 0 Å². The highest BCUT2D eigenvalue weighted by molar-refractivity contribution is 7.72. The lowest BCUT2D eigenvalue weighted by molar-refractivity contribution is 0.116. The molecule has 0 atom stereocenters. The molecule has 0 radical (unpaired) electrons. The normalized spacial score (nSPS) is 13.1. The maximum Gasteiger partial charge on any atom is 0.371 e. The van der Waals surface area contributed by atoms with Crippen LogP contribution in [0.25, 0.3) is 11.0 Å². The third kappa shape index (κ3) is 6.14. The molecule has 1 aromatic heterocycles. The van der Waals surface area contributed by atoms with Crippen LogP contribution in [0.2, 0.25) is 0 Å². The van der Waals surface area contributed by atoms with E-state index in [1.165, 1.54) is 32.1 Å². The SMILES string of the molecule is CCCCCCCCCOc1ccc2c(c1)ncn2CC(O)(P(=O)(O)O)P(=O)(O)O. The first-order valence-electron chi connectivity index (χ1n) is 9.91. The molecule has 0 unspecified atom stereocenters. The average molecular weight is 464 g/mol. The Balaban J connectivity index is 2.01. The Bertz CT molecular complexity index is 898. The molecule has 0 fully saturated rings. The number of fused-ring (bicyclic) bond motifs is 1. The molecule has 1 aromatic carbocycles. The number of benzene rings is 1. The zero-order chi connectivity index (χ0) is 22.4. The first kappa shape index (κ1) is 25.0. The molecule has 10 nitrogen and oxygen atoms in total. The number of hydrogen-bond donors (Lipinski definition) is 5. The molecule has 0 aliphatic heterocycles. The predicted molar refractivity (Wildman–Crippen MR) is 112 cm³/mol. The Morgan fingerprint density at radius 3 is 2.20 bits per heavy atom. The van der Waals surface area contributed by atoms with Gasteiger partial charge in [-0.3, -0.25) is 9.13 Å². The number of imidazole rings is 1. The second-order valence-corrected chi connectivity index (χ2v) is 11.4. The number of unbranched alkanes of at least 4 members (excludes halogenated alkanes) is 6. The fourth-order valence-electron chi connectivity index (χ4n) is 3.09. The van der Waals surface area contributed by atoms with Crippen LogP contribution in [0, 0.1) is 0 Å². The summed E-state index contributed by atoms with van der Waals surface area (Å²) in [7, 11) is -11.1. The first-order valence-corrected chi connectivity index (χ1v) is 13.1. The number of aromatic nitrogens is 2. The second kappa shape index (κ2) is 10.4. The molecular formula is C18H30N2O8P2. The number of rotatable bonds is 13. The second-order valence-electron chi connectivity index (χ2n) is 7.36. The molecule has 2 aromatic rings. The summed E-state index contributed by atoms with van der Waals surface area (Å²) in [4.78, 5) is 41.3. The maximum absolute atomic E-state index is 11.6. The van der Waals surface area contributed by atoms with E-state index in [0.29, 0.717) is 23.4 Å². The summed E-state index contributed by atoms with van der Waals surface area (Å²) < 4.78 is 29.9. The average Bonchev–Trinajstić information content (AvgIpc) is 3.04. The summed E-state index contributed by atoms with van der Waals surface area (Å²) in [5, 5.41) is 6.56. The maximum atomic E-state index is 11.6. The molecule has 0 spiro atoms. The summed E-state index contributed by atoms with van der Waals surface area (Å²) in [5.74, 6) is 0.568. The number of nitrogens with zero attached hydrogens (tertiary/aromatic N) is 2. The molecule has 0 aliphatic rings. The van der Waals surface area contributed by atoms with E-state index < -0.39 is 26.8 Å². The summed E-state index contributed by atoms with van der Waals surface area (Å²) in [6.45, 7) is 1.72. The van der Waals surface area contributed by atoms with Gasteiger partial charge in [0.25, 0.3) is 5.08 Å². The van der Waals surface area contributed by atoms with E-state index in [2.05, 4.69) is 11.9 Å². The quantitative estimate of drug-likeness (QED) is 0.221. The zero-order valence-electron chi connectivity index (χ0n) is 16.9. The highest BCUT2D eigenvalue weighted by atomic mass is 31.2. The number of hydrogen-bond acceptors (Lipinski definition) is 5. The van der Waals surface area contributed by atoms with Crippen molar-refractivity contribution in [3.63, 3.8) is 0 Å². The van der Waals surface area contributed by atoms with Crippen molar-refractivity contribution < 1.29 is 38.5 Å². The minimum atomic E-state index is -5.55. The van der Waals surface area contributed by atoms with Crippen molar-refractivity contribution >= 4 is 26.2 Å². The van der Waals surface area contributed by atoms with Gasteiger partial charge in [0, 0.05) is 6.07 Å². The van der Waals surface area contributed by atoms with Gasteiger partial charge < -0.3 is 34.0 Å². The van der Waals surface area contributed by atoms with Crippen molar-refractivity contribution in [3.05, 3.63) is 24.5 Å². The lowest BCUT2D eigenvalue weighted by Gasteiger charge is -2.29. The van der Waals surface area contributed by atoms with Crippen LogP contribution in [0.3, 0.4) is 0 Å². The molecular weight excluding hydrogens is 434 g/mol. The van der Waals surface area contributed by atoms with Crippen LogP contribution in [-0.4, -0.2) is 45.9 Å². The largest absolute Gasteiger partial charge is 0.494 e. The highest BCUT2D eigenvalue weighted by Gasteiger charge is 2.59. The van der Waals surface area contributed by atoms with E-state index in [4.69, 9.17) is 4.74 Å². The van der Waals surface area contributed by atoms with E-state index in [9.17, 15) is 33.8 Å². The summed E-state index contributed by atoms with van der Waals surface area (Å²) in [6, 6.07) is 4.82. The summed E-state index contributed by atoms with van der Waals surface area (Å²) >= 11 is 0. The fourth-order valence-corrected chi connectivity index (χ4v) is 5.12. The number of aliphatic hydroxyl groups is 1. The van der Waals surface area contributed by atoms with Crippen molar-refractivity contribution in [2.75, 3.05) is 6.61 Å². The van der Waals surface area contributed by atoms with Crippen LogP contribution in [0.15, 0.2) is 24.5 Å². The minimum Gasteiger partial charge on any atom is -0.494 e. The third-order valence-electron chi connectivity index (χ3n) is 4.92. The van der Waals surface area contributed by atoms with Gasteiger partial charge in [0.1, 0.15) is 5.75 Å². The van der Waals surface area contributed by atoms with Gasteiger partial charge >= 0.3 is 15.2 Å². The predicted octanol–water partition coefficient (Wildman–Crippen LogP) is 3.17. The molecule has 0 saturated heterocycles. The fraction of sp³-hybridized carbons (Fsp3) is 0.611. The highest BCUT2D eigenvalue weighted by Crippen LogP contribution is 2.68. The standard InChI is InChI=1S/C18H30N2O8P2/c1-2-3-4-5-6-7-8-11-28-15-9-10-17-16(12-15)19-14-20(17)13-18(21,29(22,23)24)30(25,26)27/h9-10,12,14,21H,2-8,11,13H2,1H3,(H2,22,23,24)(H2,25,26,27). The van der Waals surface area contributed by atoms with Crippen molar-refractivity contribution in [1.82, 2.24) is 9.55 Å². The first-order chi connectivity index (χ1) is 14.0. The molecule has 30 heavy (non-hydrogen) atoms. The van der Waals surface area contributed by atoms with Crippen molar-refractivity contribution in [1.29, 1.82) is 0 Å². The van der Waals surface area contributed by atoms with Gasteiger partial charge in [-0.1, -0.05) is 45.4 Å². The van der Waals surface area contributed by atoms with Crippen LogP contribution >= 0.6 is 15.2 Å². The van der Waals surface area contributed by atoms with E-state index in [1.54, 1.807) is 18.2 Å². The molecule has 5 N–H and O–H groups in total. The van der Waals surface area contributed by atoms with Gasteiger partial charge in [-0.15, -0.1) is 0 Å². The Morgan fingerprint density at radius 1 is 1.00 bits per heavy atom. The topological polar surface area (TPSA) is 162 Å². The zero-order valence-corrected chi connectivity index (χ0v) is 18.7. The van der Waals surface area contributed by atoms with E-state index >= 15 is 0 Å². The molecule has 1 heterocycles. The van der Waals surface area contributed by atoms with Crippen molar-refractivity contribution in [2.45, 2.75) is 63.5 Å². The lowest BCUT2D eigenvalue weighted by Crippen LogP contribution is -2.33. The van der Waals surface area contributed by atoms with Gasteiger partial charge in [0.15, 0.2) is 0 Å². The molecule has 2 rings (SSSR count). The van der Waals surface area contributed by atoms with E-state index in [-0.39, 0.29) is 0 Å². The number of ether oxygens (including phenoxy) is 1. The van der Waals surface area contributed by atoms with Crippen LogP contribution in [0.4, 0.5) is 0 Å². The molecule has 0 saturated carbocycles. The van der Waals surface area contributed by atoms with Gasteiger partial charge in [-0.25, -0.2) is 4.98 Å². The molecule has 0 bridgehead atoms. The molecule has 0 amide bonds. The van der Waals surface area contributed by atoms with Gasteiger partial charge in [-0.05, 0) is 18.6 Å². The van der Waals surface area contributed by atoms with E-state index in [0.717, 1.165) is 23.7 Å². The minimum absolute atomic E-state index is 0.346. The Kier molecular flexibility index (Phi) is 8.65. The van der Waals surface area contributed by atoms with Crippen LogP contribution in [-0.2, 0) is 15.7 Å².